The van der Waals surface area contributed by atoms with Gasteiger partial charge in [0.25, 0.3) is 5.56 Å². The van der Waals surface area contributed by atoms with Crippen molar-refractivity contribution in [3.63, 3.8) is 0 Å². The second kappa shape index (κ2) is 8.66. The number of hydrogen-bond donors (Lipinski definition) is 4. The molecule has 1 fully saturated rings. The first-order valence-electron chi connectivity index (χ1n) is 9.48. The van der Waals surface area contributed by atoms with Gasteiger partial charge in [0, 0.05) is 18.0 Å². The Hall–Kier alpha value is -2.52. The van der Waals surface area contributed by atoms with Crippen LogP contribution in [0.3, 0.4) is 0 Å². The van der Waals surface area contributed by atoms with E-state index in [4.69, 9.17) is 5.73 Å². The van der Waals surface area contributed by atoms with Crippen LogP contribution in [0.4, 0.5) is 10.1 Å². The Bertz CT molecular complexity index is 872. The molecule has 3 rings (SSSR count). The number of aromatic amines is 1. The highest BCUT2D eigenvalue weighted by Crippen LogP contribution is 2.30. The van der Waals surface area contributed by atoms with Gasteiger partial charge in [-0.1, -0.05) is 19.8 Å². The van der Waals surface area contributed by atoms with Crippen LogP contribution in [-0.4, -0.2) is 38.4 Å². The summed E-state index contributed by atoms with van der Waals surface area (Å²) in [5, 5.41) is 16.5. The van der Waals surface area contributed by atoms with E-state index in [9.17, 15) is 19.1 Å². The summed E-state index contributed by atoms with van der Waals surface area (Å²) in [7, 11) is 0. The molecule has 1 aliphatic carbocycles. The van der Waals surface area contributed by atoms with E-state index in [2.05, 4.69) is 22.3 Å². The minimum Gasteiger partial charge on any atom is -0.394 e. The number of nitrogens with two attached hydrogens (primary N) is 1. The van der Waals surface area contributed by atoms with Crippen LogP contribution in [0.1, 0.15) is 44.2 Å². The van der Waals surface area contributed by atoms with E-state index in [0.29, 0.717) is 11.6 Å². The molecule has 1 amide bonds. The summed E-state index contributed by atoms with van der Waals surface area (Å²) in [5.41, 5.74) is 6.06. The number of hydrogen-bond acceptors (Lipinski definition) is 5. The average Bonchev–Trinajstić information content (AvgIpc) is 3.13. The van der Waals surface area contributed by atoms with Crippen LogP contribution in [0.2, 0.25) is 0 Å². The zero-order valence-electron chi connectivity index (χ0n) is 15.8. The summed E-state index contributed by atoms with van der Waals surface area (Å²) in [6, 6.07) is -0.422. The minimum absolute atomic E-state index is 0.0384. The van der Waals surface area contributed by atoms with Gasteiger partial charge >= 0.3 is 0 Å². The first-order valence-corrected chi connectivity index (χ1v) is 9.48. The van der Waals surface area contributed by atoms with Crippen LogP contribution in [0.15, 0.2) is 29.5 Å². The molecule has 2 aromatic rings. The van der Waals surface area contributed by atoms with Gasteiger partial charge < -0.3 is 21.1 Å². The molecule has 2 aromatic heterocycles. The number of aliphatic hydroxyl groups excluding tert-OH is 1. The van der Waals surface area contributed by atoms with E-state index in [0.717, 1.165) is 37.9 Å². The molecule has 1 unspecified atom stereocenters. The van der Waals surface area contributed by atoms with Crippen molar-refractivity contribution in [2.75, 3.05) is 11.9 Å². The second-order valence-electron chi connectivity index (χ2n) is 7.54. The molecule has 5 N–H and O–H groups in total. The van der Waals surface area contributed by atoms with Crippen molar-refractivity contribution in [1.82, 2.24) is 14.8 Å². The van der Waals surface area contributed by atoms with Gasteiger partial charge in [-0.05, 0) is 30.7 Å². The fraction of sp³-hybridized carbons (Fsp3) is 0.526. The SMILES string of the molecule is C[C@H]1CC[C@H]([C@H](N)C(=O)Nc2cnn(C(CO)c3cc(F)c[nH]c3=O)c2)CC1. The molecule has 0 spiro atoms. The average molecular weight is 391 g/mol. The third kappa shape index (κ3) is 4.48. The van der Waals surface area contributed by atoms with Crippen molar-refractivity contribution < 1.29 is 14.3 Å². The molecule has 2 heterocycles. The van der Waals surface area contributed by atoms with Gasteiger partial charge in [0.2, 0.25) is 5.91 Å². The molecule has 0 bridgehead atoms. The molecule has 8 nitrogen and oxygen atoms in total. The Morgan fingerprint density at radius 3 is 2.86 bits per heavy atom. The van der Waals surface area contributed by atoms with Gasteiger partial charge in [-0.3, -0.25) is 14.3 Å². The predicted molar refractivity (Wildman–Crippen MR) is 102 cm³/mol. The number of H-pyrrole nitrogens is 1. The highest BCUT2D eigenvalue weighted by atomic mass is 19.1. The van der Waals surface area contributed by atoms with Crippen molar-refractivity contribution in [3.8, 4) is 0 Å². The lowest BCUT2D eigenvalue weighted by Crippen LogP contribution is -2.43. The Kier molecular flexibility index (Phi) is 6.25. The second-order valence-corrected chi connectivity index (χ2v) is 7.54. The summed E-state index contributed by atoms with van der Waals surface area (Å²) in [4.78, 5) is 26.7. The number of amides is 1. The zero-order chi connectivity index (χ0) is 20.3. The summed E-state index contributed by atoms with van der Waals surface area (Å²) < 4.78 is 14.8. The quantitative estimate of drug-likeness (QED) is 0.592. The maximum absolute atomic E-state index is 13.5. The maximum Gasteiger partial charge on any atom is 0.253 e. The fourth-order valence-electron chi connectivity index (χ4n) is 3.70. The molecule has 0 aromatic carbocycles. The summed E-state index contributed by atoms with van der Waals surface area (Å²) in [6.07, 6.45) is 7.85. The number of pyridine rings is 1. The summed E-state index contributed by atoms with van der Waals surface area (Å²) in [5.74, 6) is -0.0850. The molecule has 152 valence electrons. The fourth-order valence-corrected chi connectivity index (χ4v) is 3.70. The monoisotopic (exact) mass is 391 g/mol. The largest absolute Gasteiger partial charge is 0.394 e. The number of aliphatic hydroxyl groups is 1. The lowest BCUT2D eigenvalue weighted by molar-refractivity contribution is -0.118. The smallest absolute Gasteiger partial charge is 0.253 e. The molecular formula is C19H26FN5O3. The van der Waals surface area contributed by atoms with Crippen molar-refractivity contribution in [2.45, 2.75) is 44.7 Å². The molecular weight excluding hydrogens is 365 g/mol. The molecule has 28 heavy (non-hydrogen) atoms. The lowest BCUT2D eigenvalue weighted by Gasteiger charge is -2.29. The van der Waals surface area contributed by atoms with E-state index in [-0.39, 0.29) is 17.4 Å². The standard InChI is InChI=1S/C19H26FN5O3/c1-11-2-4-12(5-3-11)17(21)19(28)24-14-8-23-25(9-14)16(10-26)15-6-13(20)7-22-18(15)27/h6-9,11-12,16-17,26H,2-5,10,21H2,1H3,(H,22,27)(H,24,28)/t11-,12-,16?,17-/m0/s1. The summed E-state index contributed by atoms with van der Waals surface area (Å²) in [6.45, 7) is 1.75. The van der Waals surface area contributed by atoms with Crippen LogP contribution in [0.5, 0.6) is 0 Å². The minimum atomic E-state index is -0.876. The number of carbonyl (C=O) groups excluding carboxylic acids is 1. The van der Waals surface area contributed by atoms with Crippen molar-refractivity contribution in [2.24, 2.45) is 17.6 Å². The highest BCUT2D eigenvalue weighted by Gasteiger charge is 2.28. The maximum atomic E-state index is 13.5. The molecule has 0 aliphatic heterocycles. The highest BCUT2D eigenvalue weighted by molar-refractivity contribution is 5.94. The van der Waals surface area contributed by atoms with Crippen molar-refractivity contribution >= 4 is 11.6 Å². The molecule has 1 saturated carbocycles. The van der Waals surface area contributed by atoms with Gasteiger partial charge in [0.1, 0.15) is 11.9 Å². The van der Waals surface area contributed by atoms with Gasteiger partial charge in [0.05, 0.1) is 24.5 Å². The molecule has 1 aliphatic rings. The van der Waals surface area contributed by atoms with Gasteiger partial charge in [-0.25, -0.2) is 4.39 Å². The number of carbonyl (C=O) groups is 1. The molecule has 9 heteroatoms. The first kappa shape index (κ1) is 20.2. The van der Waals surface area contributed by atoms with E-state index >= 15 is 0 Å². The van der Waals surface area contributed by atoms with Gasteiger partial charge in [0.15, 0.2) is 0 Å². The van der Waals surface area contributed by atoms with Gasteiger partial charge in [-0.2, -0.15) is 5.10 Å². The van der Waals surface area contributed by atoms with E-state index < -0.39 is 30.1 Å². The van der Waals surface area contributed by atoms with E-state index in [1.54, 1.807) is 0 Å². The van der Waals surface area contributed by atoms with Crippen LogP contribution >= 0.6 is 0 Å². The number of rotatable bonds is 6. The number of aromatic nitrogens is 3. The Balaban J connectivity index is 1.70. The molecule has 0 radical (unpaired) electrons. The molecule has 0 saturated heterocycles. The topological polar surface area (TPSA) is 126 Å². The van der Waals surface area contributed by atoms with Crippen LogP contribution < -0.4 is 16.6 Å². The predicted octanol–water partition coefficient (Wildman–Crippen LogP) is 1.38. The van der Waals surface area contributed by atoms with Crippen molar-refractivity contribution in [1.29, 1.82) is 0 Å². The van der Waals surface area contributed by atoms with E-state index in [1.807, 2.05) is 0 Å². The summed E-state index contributed by atoms with van der Waals surface area (Å²) >= 11 is 0. The number of halogens is 1. The number of nitrogens with zero attached hydrogens (tertiary/aromatic N) is 2. The Morgan fingerprint density at radius 1 is 1.46 bits per heavy atom. The third-order valence-electron chi connectivity index (χ3n) is 5.49. The van der Waals surface area contributed by atoms with Gasteiger partial charge in [-0.15, -0.1) is 0 Å². The zero-order valence-corrected chi connectivity index (χ0v) is 15.8. The number of nitrogens with one attached hydrogen (secondary N) is 2. The molecule has 2 atom stereocenters. The van der Waals surface area contributed by atoms with Crippen molar-refractivity contribution in [3.05, 3.63) is 46.4 Å². The van der Waals surface area contributed by atoms with Crippen LogP contribution in [0, 0.1) is 17.7 Å². The lowest BCUT2D eigenvalue weighted by atomic mass is 9.79. The third-order valence-corrected chi connectivity index (χ3v) is 5.49. The van der Waals surface area contributed by atoms with E-state index in [1.165, 1.54) is 17.1 Å². The Morgan fingerprint density at radius 2 is 2.18 bits per heavy atom. The first-order chi connectivity index (χ1) is 13.4. The normalized spacial score (nSPS) is 21.9. The van der Waals surface area contributed by atoms with Crippen LogP contribution in [-0.2, 0) is 4.79 Å². The number of anilines is 1. The van der Waals surface area contributed by atoms with Crippen LogP contribution in [0.25, 0.3) is 0 Å². The Labute approximate surface area is 161 Å².